The number of nitrogens with zero attached hydrogens (tertiary/aromatic N) is 1. The summed E-state index contributed by atoms with van der Waals surface area (Å²) in [6, 6.07) is 11.5. The van der Waals surface area contributed by atoms with Crippen LogP contribution in [0.25, 0.3) is 0 Å². The van der Waals surface area contributed by atoms with Crippen molar-refractivity contribution in [3.63, 3.8) is 0 Å². The lowest BCUT2D eigenvalue weighted by Crippen LogP contribution is -2.16. The molecule has 5 nitrogen and oxygen atoms in total. The van der Waals surface area contributed by atoms with E-state index in [-0.39, 0.29) is 5.75 Å². The fourth-order valence-corrected chi connectivity index (χ4v) is 3.19. The highest BCUT2D eigenvalue weighted by Gasteiger charge is 2.09. The SMILES string of the molecule is CCCS(=O)(=O)Nc1ccc(Nc2ccccc2CC)cn1. The van der Waals surface area contributed by atoms with E-state index in [1.165, 1.54) is 5.56 Å². The summed E-state index contributed by atoms with van der Waals surface area (Å²) >= 11 is 0. The molecule has 1 heterocycles. The van der Waals surface area contributed by atoms with Crippen molar-refractivity contribution in [2.24, 2.45) is 0 Å². The molecule has 0 aliphatic heterocycles. The highest BCUT2D eigenvalue weighted by Crippen LogP contribution is 2.21. The number of hydrogen-bond acceptors (Lipinski definition) is 4. The first-order valence-electron chi connectivity index (χ1n) is 7.35. The van der Waals surface area contributed by atoms with Gasteiger partial charge in [-0.2, -0.15) is 0 Å². The van der Waals surface area contributed by atoms with Crippen molar-refractivity contribution >= 4 is 27.2 Å². The van der Waals surface area contributed by atoms with Gasteiger partial charge < -0.3 is 5.32 Å². The van der Waals surface area contributed by atoms with Crippen molar-refractivity contribution in [1.29, 1.82) is 0 Å². The van der Waals surface area contributed by atoms with Gasteiger partial charge >= 0.3 is 0 Å². The van der Waals surface area contributed by atoms with Crippen molar-refractivity contribution in [3.05, 3.63) is 48.2 Å². The molecule has 2 aromatic rings. The highest BCUT2D eigenvalue weighted by molar-refractivity contribution is 7.92. The molecule has 0 unspecified atom stereocenters. The second-order valence-corrected chi connectivity index (χ2v) is 6.83. The van der Waals surface area contributed by atoms with E-state index in [1.807, 2.05) is 31.2 Å². The Kier molecular flexibility index (Phi) is 5.38. The average molecular weight is 319 g/mol. The Bertz CT molecular complexity index is 712. The Hall–Kier alpha value is -2.08. The van der Waals surface area contributed by atoms with Gasteiger partial charge in [0.1, 0.15) is 5.82 Å². The second-order valence-electron chi connectivity index (χ2n) is 4.99. The molecule has 0 fully saturated rings. The van der Waals surface area contributed by atoms with E-state index in [0.29, 0.717) is 12.2 Å². The third-order valence-electron chi connectivity index (χ3n) is 3.17. The number of rotatable bonds is 7. The lowest BCUT2D eigenvalue weighted by Gasteiger charge is -2.11. The molecular formula is C16H21N3O2S. The molecule has 0 radical (unpaired) electrons. The summed E-state index contributed by atoms with van der Waals surface area (Å²) in [5.41, 5.74) is 3.07. The van der Waals surface area contributed by atoms with Gasteiger partial charge in [-0.1, -0.05) is 32.0 Å². The van der Waals surface area contributed by atoms with Gasteiger partial charge in [0, 0.05) is 5.69 Å². The summed E-state index contributed by atoms with van der Waals surface area (Å²) in [6.45, 7) is 3.93. The van der Waals surface area contributed by atoms with Gasteiger partial charge in [0.05, 0.1) is 17.6 Å². The predicted molar refractivity (Wildman–Crippen MR) is 91.0 cm³/mol. The molecule has 6 heteroatoms. The topological polar surface area (TPSA) is 71.1 Å². The molecule has 0 bridgehead atoms. The van der Waals surface area contributed by atoms with E-state index in [0.717, 1.165) is 17.8 Å². The first-order chi connectivity index (χ1) is 10.5. The number of pyridine rings is 1. The van der Waals surface area contributed by atoms with Gasteiger partial charge in [0.15, 0.2) is 0 Å². The molecule has 0 aliphatic carbocycles. The van der Waals surface area contributed by atoms with Crippen LogP contribution in [0.1, 0.15) is 25.8 Å². The molecule has 2 rings (SSSR count). The zero-order valence-corrected chi connectivity index (χ0v) is 13.7. The number of anilines is 3. The molecule has 118 valence electrons. The molecule has 0 saturated heterocycles. The van der Waals surface area contributed by atoms with E-state index in [4.69, 9.17) is 0 Å². The molecule has 0 spiro atoms. The van der Waals surface area contributed by atoms with E-state index < -0.39 is 10.0 Å². The maximum absolute atomic E-state index is 11.7. The third kappa shape index (κ3) is 4.46. The summed E-state index contributed by atoms with van der Waals surface area (Å²) in [5, 5.41) is 3.30. The van der Waals surface area contributed by atoms with Crippen LogP contribution in [0.5, 0.6) is 0 Å². The van der Waals surface area contributed by atoms with Crippen LogP contribution in [0.2, 0.25) is 0 Å². The van der Waals surface area contributed by atoms with Crippen molar-refractivity contribution < 1.29 is 8.42 Å². The molecular weight excluding hydrogens is 298 g/mol. The maximum atomic E-state index is 11.7. The van der Waals surface area contributed by atoms with Gasteiger partial charge in [0.2, 0.25) is 10.0 Å². The largest absolute Gasteiger partial charge is 0.354 e. The Labute approximate surface area is 131 Å². The number of aromatic nitrogens is 1. The molecule has 1 aromatic carbocycles. The monoisotopic (exact) mass is 319 g/mol. The van der Waals surface area contributed by atoms with Crippen LogP contribution < -0.4 is 10.0 Å². The quantitative estimate of drug-likeness (QED) is 0.819. The van der Waals surface area contributed by atoms with Crippen LogP contribution in [0.15, 0.2) is 42.6 Å². The molecule has 0 atom stereocenters. The standard InChI is InChI=1S/C16H21N3O2S/c1-3-11-22(20,21)19-16-10-9-14(12-17-16)18-15-8-6-5-7-13(15)4-2/h5-10,12,18H,3-4,11H2,1-2H3,(H,17,19). The number of hydrogen-bond donors (Lipinski definition) is 2. The first kappa shape index (κ1) is 16.3. The second kappa shape index (κ2) is 7.26. The lowest BCUT2D eigenvalue weighted by molar-refractivity contribution is 0.599. The summed E-state index contributed by atoms with van der Waals surface area (Å²) in [6.07, 6.45) is 3.13. The van der Waals surface area contributed by atoms with E-state index in [9.17, 15) is 8.42 Å². The minimum Gasteiger partial charge on any atom is -0.354 e. The van der Waals surface area contributed by atoms with Crippen LogP contribution in [0.3, 0.4) is 0 Å². The Morgan fingerprint density at radius 1 is 1.09 bits per heavy atom. The summed E-state index contributed by atoms with van der Waals surface area (Å²) in [5.74, 6) is 0.432. The van der Waals surface area contributed by atoms with Crippen LogP contribution in [-0.4, -0.2) is 19.2 Å². The van der Waals surface area contributed by atoms with Crippen LogP contribution in [0.4, 0.5) is 17.2 Å². The molecule has 0 saturated carbocycles. The number of aryl methyl sites for hydroxylation is 1. The zero-order valence-electron chi connectivity index (χ0n) is 12.8. The zero-order chi connectivity index (χ0) is 16.0. The van der Waals surface area contributed by atoms with Crippen molar-refractivity contribution in [2.45, 2.75) is 26.7 Å². The van der Waals surface area contributed by atoms with Crippen molar-refractivity contribution in [3.8, 4) is 0 Å². The van der Waals surface area contributed by atoms with Gasteiger partial charge in [-0.15, -0.1) is 0 Å². The van der Waals surface area contributed by atoms with Gasteiger partial charge in [-0.25, -0.2) is 13.4 Å². The third-order valence-corrected chi connectivity index (χ3v) is 4.64. The minimum absolute atomic E-state index is 0.0958. The molecule has 0 aliphatic rings. The Morgan fingerprint density at radius 3 is 2.50 bits per heavy atom. The number of para-hydroxylation sites is 1. The molecule has 22 heavy (non-hydrogen) atoms. The average Bonchev–Trinajstić information content (AvgIpc) is 2.49. The fourth-order valence-electron chi connectivity index (χ4n) is 2.11. The van der Waals surface area contributed by atoms with Crippen LogP contribution >= 0.6 is 0 Å². The first-order valence-corrected chi connectivity index (χ1v) is 9.00. The number of sulfonamides is 1. The normalized spacial score (nSPS) is 11.2. The highest BCUT2D eigenvalue weighted by atomic mass is 32.2. The number of benzene rings is 1. The number of nitrogens with one attached hydrogen (secondary N) is 2. The summed E-state index contributed by atoms with van der Waals surface area (Å²) in [4.78, 5) is 4.15. The van der Waals surface area contributed by atoms with E-state index in [1.54, 1.807) is 12.3 Å². The smallest absolute Gasteiger partial charge is 0.233 e. The van der Waals surface area contributed by atoms with Crippen molar-refractivity contribution in [2.75, 3.05) is 15.8 Å². The predicted octanol–water partition coefficient (Wildman–Crippen LogP) is 3.54. The minimum atomic E-state index is -3.30. The van der Waals surface area contributed by atoms with Crippen LogP contribution in [-0.2, 0) is 16.4 Å². The van der Waals surface area contributed by atoms with Gasteiger partial charge in [-0.3, -0.25) is 4.72 Å². The molecule has 1 aromatic heterocycles. The maximum Gasteiger partial charge on any atom is 0.233 e. The van der Waals surface area contributed by atoms with E-state index in [2.05, 4.69) is 28.0 Å². The lowest BCUT2D eigenvalue weighted by atomic mass is 10.1. The molecule has 0 amide bonds. The fraction of sp³-hybridized carbons (Fsp3) is 0.312. The van der Waals surface area contributed by atoms with E-state index >= 15 is 0 Å². The summed E-state index contributed by atoms with van der Waals surface area (Å²) < 4.78 is 25.9. The van der Waals surface area contributed by atoms with Gasteiger partial charge in [-0.05, 0) is 36.6 Å². The Morgan fingerprint density at radius 2 is 1.86 bits per heavy atom. The van der Waals surface area contributed by atoms with Gasteiger partial charge in [0.25, 0.3) is 0 Å². The van der Waals surface area contributed by atoms with Crippen LogP contribution in [0, 0.1) is 0 Å². The molecule has 2 N–H and O–H groups in total. The summed E-state index contributed by atoms with van der Waals surface area (Å²) in [7, 11) is -3.30. The Balaban J connectivity index is 2.09. The van der Waals surface area contributed by atoms with Crippen molar-refractivity contribution in [1.82, 2.24) is 4.98 Å².